The number of hydrogen-bond donors (Lipinski definition) is 1. The van der Waals surface area contributed by atoms with Gasteiger partial charge >= 0.3 is 0 Å². The van der Waals surface area contributed by atoms with Crippen LogP contribution in [0.1, 0.15) is 11.1 Å². The van der Waals surface area contributed by atoms with Crippen molar-refractivity contribution in [1.82, 2.24) is 19.6 Å². The number of ether oxygens (including phenoxy) is 1. The normalized spacial score (nSPS) is 11.0. The van der Waals surface area contributed by atoms with Gasteiger partial charge in [-0.3, -0.25) is 0 Å². The molecule has 4 rings (SSSR count). The summed E-state index contributed by atoms with van der Waals surface area (Å²) in [5, 5.41) is 7.74. The van der Waals surface area contributed by atoms with E-state index in [1.807, 2.05) is 48.5 Å². The second kappa shape index (κ2) is 7.33. The number of anilines is 1. The maximum atomic E-state index is 5.29. The Morgan fingerprint density at radius 2 is 1.77 bits per heavy atom. The molecule has 6 heteroatoms. The van der Waals surface area contributed by atoms with Crippen molar-refractivity contribution in [2.45, 2.75) is 13.2 Å². The highest BCUT2D eigenvalue weighted by Gasteiger charge is 2.10. The van der Waals surface area contributed by atoms with Gasteiger partial charge in [0.15, 0.2) is 0 Å². The summed E-state index contributed by atoms with van der Waals surface area (Å²) in [5.74, 6) is 1.41. The van der Waals surface area contributed by atoms with Crippen LogP contribution in [-0.2, 0) is 17.9 Å². The Morgan fingerprint density at radius 3 is 2.58 bits per heavy atom. The van der Waals surface area contributed by atoms with Crippen LogP contribution in [0.25, 0.3) is 17.0 Å². The van der Waals surface area contributed by atoms with Crippen molar-refractivity contribution >= 4 is 11.6 Å². The second-order valence-electron chi connectivity index (χ2n) is 5.92. The molecule has 0 aliphatic rings. The number of hydrogen-bond acceptors (Lipinski definition) is 5. The molecule has 1 N–H and O–H groups in total. The Kier molecular flexibility index (Phi) is 4.57. The van der Waals surface area contributed by atoms with Gasteiger partial charge in [0, 0.05) is 25.3 Å². The van der Waals surface area contributed by atoms with E-state index in [1.165, 1.54) is 11.9 Å². The molecule has 0 saturated heterocycles. The lowest BCUT2D eigenvalue weighted by Crippen LogP contribution is -2.08. The molecule has 26 heavy (non-hydrogen) atoms. The first kappa shape index (κ1) is 16.2. The van der Waals surface area contributed by atoms with E-state index in [-0.39, 0.29) is 0 Å². The summed E-state index contributed by atoms with van der Waals surface area (Å²) in [5.41, 5.74) is 4.25. The van der Waals surface area contributed by atoms with Crippen LogP contribution in [0.3, 0.4) is 0 Å². The maximum absolute atomic E-state index is 5.29. The summed E-state index contributed by atoms with van der Waals surface area (Å²) in [6.45, 7) is 1.24. The van der Waals surface area contributed by atoms with Crippen molar-refractivity contribution in [3.05, 3.63) is 78.1 Å². The molecular formula is C20H19N5O. The molecule has 130 valence electrons. The standard InChI is InChI=1S/C20H19N5O/c1-26-13-17-10-6-5-9-16(17)12-21-19-11-18(15-7-3-2-4-8-15)24-20-22-14-23-25(19)20/h2-11,14,21H,12-13H2,1H3. The number of aromatic nitrogens is 4. The first-order chi connectivity index (χ1) is 12.8. The summed E-state index contributed by atoms with van der Waals surface area (Å²) < 4.78 is 7.00. The van der Waals surface area contributed by atoms with Gasteiger partial charge in [-0.05, 0) is 11.1 Å². The fourth-order valence-electron chi connectivity index (χ4n) is 2.91. The minimum Gasteiger partial charge on any atom is -0.380 e. The van der Waals surface area contributed by atoms with Crippen molar-refractivity contribution in [1.29, 1.82) is 0 Å². The average molecular weight is 345 g/mol. The topological polar surface area (TPSA) is 64.3 Å². The highest BCUT2D eigenvalue weighted by atomic mass is 16.5. The maximum Gasteiger partial charge on any atom is 0.254 e. The van der Waals surface area contributed by atoms with E-state index in [9.17, 15) is 0 Å². The van der Waals surface area contributed by atoms with E-state index in [0.29, 0.717) is 18.9 Å². The molecule has 2 heterocycles. The molecule has 0 fully saturated rings. The predicted octanol–water partition coefficient (Wildman–Crippen LogP) is 3.55. The Balaban J connectivity index is 1.67. The van der Waals surface area contributed by atoms with Crippen molar-refractivity contribution in [3.8, 4) is 11.3 Å². The summed E-state index contributed by atoms with van der Waals surface area (Å²) in [6.07, 6.45) is 1.52. The highest BCUT2D eigenvalue weighted by Crippen LogP contribution is 2.22. The molecule has 0 radical (unpaired) electrons. The van der Waals surface area contributed by atoms with Gasteiger partial charge in [0.1, 0.15) is 12.1 Å². The third kappa shape index (κ3) is 3.27. The molecule has 0 bridgehead atoms. The largest absolute Gasteiger partial charge is 0.380 e. The second-order valence-corrected chi connectivity index (χ2v) is 5.92. The highest BCUT2D eigenvalue weighted by molar-refractivity contribution is 5.65. The van der Waals surface area contributed by atoms with Gasteiger partial charge in [-0.1, -0.05) is 54.6 Å². The van der Waals surface area contributed by atoms with Crippen LogP contribution in [0, 0.1) is 0 Å². The SMILES string of the molecule is COCc1ccccc1CNc1cc(-c2ccccc2)nc2ncnn12. The lowest BCUT2D eigenvalue weighted by molar-refractivity contribution is 0.184. The monoisotopic (exact) mass is 345 g/mol. The molecule has 4 aromatic rings. The number of nitrogens with one attached hydrogen (secondary N) is 1. The zero-order chi connectivity index (χ0) is 17.8. The van der Waals surface area contributed by atoms with Crippen LogP contribution in [0.2, 0.25) is 0 Å². The van der Waals surface area contributed by atoms with Crippen molar-refractivity contribution < 1.29 is 4.74 Å². The predicted molar refractivity (Wildman–Crippen MR) is 101 cm³/mol. The van der Waals surface area contributed by atoms with Gasteiger partial charge in [0.05, 0.1) is 12.3 Å². The number of fused-ring (bicyclic) bond motifs is 1. The molecule has 0 aliphatic carbocycles. The molecule has 0 saturated carbocycles. The first-order valence-electron chi connectivity index (χ1n) is 8.41. The van der Waals surface area contributed by atoms with Gasteiger partial charge in [-0.25, -0.2) is 4.98 Å². The minimum absolute atomic E-state index is 0.569. The molecular weight excluding hydrogens is 326 g/mol. The fraction of sp³-hybridized carbons (Fsp3) is 0.150. The summed E-state index contributed by atoms with van der Waals surface area (Å²) >= 11 is 0. The summed E-state index contributed by atoms with van der Waals surface area (Å²) in [4.78, 5) is 8.85. The van der Waals surface area contributed by atoms with Crippen LogP contribution in [0.4, 0.5) is 5.82 Å². The Morgan fingerprint density at radius 1 is 1.00 bits per heavy atom. The molecule has 0 atom stereocenters. The smallest absolute Gasteiger partial charge is 0.254 e. The average Bonchev–Trinajstić information content (AvgIpc) is 3.17. The molecule has 0 amide bonds. The van der Waals surface area contributed by atoms with E-state index >= 15 is 0 Å². The quantitative estimate of drug-likeness (QED) is 0.579. The van der Waals surface area contributed by atoms with E-state index in [2.05, 4.69) is 32.5 Å². The molecule has 2 aromatic heterocycles. The minimum atomic E-state index is 0.569. The van der Waals surface area contributed by atoms with Crippen LogP contribution in [0.15, 0.2) is 67.0 Å². The lowest BCUT2D eigenvalue weighted by atomic mass is 10.1. The van der Waals surface area contributed by atoms with Gasteiger partial charge < -0.3 is 10.1 Å². The third-order valence-corrected chi connectivity index (χ3v) is 4.20. The number of rotatable bonds is 6. The Bertz CT molecular complexity index is 1010. The van der Waals surface area contributed by atoms with Gasteiger partial charge in [-0.15, -0.1) is 0 Å². The molecule has 0 spiro atoms. The fourth-order valence-corrected chi connectivity index (χ4v) is 2.91. The van der Waals surface area contributed by atoms with Crippen molar-refractivity contribution in [3.63, 3.8) is 0 Å². The van der Waals surface area contributed by atoms with E-state index in [4.69, 9.17) is 4.74 Å². The van der Waals surface area contributed by atoms with Crippen LogP contribution < -0.4 is 5.32 Å². The number of benzene rings is 2. The third-order valence-electron chi connectivity index (χ3n) is 4.20. The van der Waals surface area contributed by atoms with E-state index in [0.717, 1.165) is 22.6 Å². The summed E-state index contributed by atoms with van der Waals surface area (Å²) in [7, 11) is 1.71. The van der Waals surface area contributed by atoms with Crippen LogP contribution in [0.5, 0.6) is 0 Å². The van der Waals surface area contributed by atoms with Crippen molar-refractivity contribution in [2.75, 3.05) is 12.4 Å². The van der Waals surface area contributed by atoms with Crippen LogP contribution >= 0.6 is 0 Å². The molecule has 0 unspecified atom stereocenters. The summed E-state index contributed by atoms with van der Waals surface area (Å²) in [6, 6.07) is 20.3. The van der Waals surface area contributed by atoms with Gasteiger partial charge in [0.2, 0.25) is 0 Å². The van der Waals surface area contributed by atoms with Gasteiger partial charge in [0.25, 0.3) is 5.78 Å². The first-order valence-corrected chi connectivity index (χ1v) is 8.41. The number of nitrogens with zero attached hydrogens (tertiary/aromatic N) is 4. The molecule has 0 aliphatic heterocycles. The number of methoxy groups -OCH3 is 1. The Labute approximate surface area is 151 Å². The van der Waals surface area contributed by atoms with E-state index < -0.39 is 0 Å². The van der Waals surface area contributed by atoms with E-state index in [1.54, 1.807) is 11.6 Å². The molecule has 2 aromatic carbocycles. The van der Waals surface area contributed by atoms with Crippen molar-refractivity contribution in [2.24, 2.45) is 0 Å². The zero-order valence-electron chi connectivity index (χ0n) is 14.5. The zero-order valence-corrected chi connectivity index (χ0v) is 14.5. The van der Waals surface area contributed by atoms with Gasteiger partial charge in [-0.2, -0.15) is 14.6 Å². The molecule has 6 nitrogen and oxygen atoms in total. The lowest BCUT2D eigenvalue weighted by Gasteiger charge is -2.12. The Hall–Kier alpha value is -3.25. The van der Waals surface area contributed by atoms with Crippen LogP contribution in [-0.4, -0.2) is 26.7 Å².